The van der Waals surface area contributed by atoms with E-state index in [4.69, 9.17) is 37.9 Å². The predicted octanol–water partition coefficient (Wildman–Crippen LogP) is 2.22. The Morgan fingerprint density at radius 3 is 2.20 bits per heavy atom. The van der Waals surface area contributed by atoms with Gasteiger partial charge in [-0.05, 0) is 81.6 Å². The van der Waals surface area contributed by atoms with Crippen LogP contribution in [0, 0.1) is 35.5 Å². The molecule has 19 atom stereocenters. The number of hydrogen-bond acceptors (Lipinski definition) is 14. The first-order valence-electron chi connectivity index (χ1n) is 19.8. The Labute approximate surface area is 318 Å². The molecular weight excluding hydrogens is 704 g/mol. The summed E-state index contributed by atoms with van der Waals surface area (Å²) in [5.41, 5.74) is 1.80. The van der Waals surface area contributed by atoms with Crippen LogP contribution in [0.5, 0.6) is 0 Å². The van der Waals surface area contributed by atoms with Gasteiger partial charge in [0.05, 0.1) is 31.3 Å². The quantitative estimate of drug-likeness (QED) is 0.198. The second-order valence-corrected chi connectivity index (χ2v) is 16.3. The SMILES string of the molecule is CC[C@H]1CCC[C@H](O[C@@H]2O[C@H](CO)[C@@H](O)[C@H](O)[C@H]2O)[C@@H](C)C(=O)C2=C[C@@H]3[C@@H](C=C(C)[C@@H]4C[C@H](O[C@@H]5O[C@@H](C)[C@H](OC)[C@@H](OC)[C@H]5OC)C[C@@H]34)[C@@H]2CC(=O)O1. The Morgan fingerprint density at radius 1 is 0.815 bits per heavy atom. The third-order valence-electron chi connectivity index (χ3n) is 13.2. The number of carbonyl (C=O) groups is 2. The van der Waals surface area contributed by atoms with Gasteiger partial charge in [-0.1, -0.05) is 31.6 Å². The summed E-state index contributed by atoms with van der Waals surface area (Å²) in [7, 11) is 4.87. The number of fused-ring (bicyclic) bond motifs is 5. The summed E-state index contributed by atoms with van der Waals surface area (Å²) in [4.78, 5) is 28.2. The van der Waals surface area contributed by atoms with Crippen molar-refractivity contribution in [3.63, 3.8) is 0 Å². The fraction of sp³-hybridized carbons (Fsp3) is 0.850. The normalized spacial score (nSPS) is 47.4. The summed E-state index contributed by atoms with van der Waals surface area (Å²) in [5.74, 6) is -1.27. The van der Waals surface area contributed by atoms with Crippen LogP contribution in [0.1, 0.15) is 72.6 Å². The monoisotopic (exact) mass is 766 g/mol. The molecule has 3 heterocycles. The molecule has 0 amide bonds. The van der Waals surface area contributed by atoms with Gasteiger partial charge in [-0.25, -0.2) is 0 Å². The molecule has 0 unspecified atom stereocenters. The molecule has 0 spiro atoms. The molecule has 6 rings (SSSR count). The molecule has 0 aromatic heterocycles. The van der Waals surface area contributed by atoms with Crippen LogP contribution in [0.4, 0.5) is 0 Å². The average molecular weight is 767 g/mol. The van der Waals surface area contributed by atoms with Gasteiger partial charge < -0.3 is 58.3 Å². The third kappa shape index (κ3) is 8.13. The molecule has 0 aromatic carbocycles. The van der Waals surface area contributed by atoms with Gasteiger partial charge in [0.25, 0.3) is 0 Å². The number of aliphatic hydroxyl groups is 4. The minimum Gasteiger partial charge on any atom is -0.462 e. The van der Waals surface area contributed by atoms with Gasteiger partial charge in [-0.15, -0.1) is 0 Å². The lowest BCUT2D eigenvalue weighted by Crippen LogP contribution is -2.60. The molecule has 54 heavy (non-hydrogen) atoms. The lowest BCUT2D eigenvalue weighted by Gasteiger charge is -2.44. The second kappa shape index (κ2) is 17.8. The largest absolute Gasteiger partial charge is 0.462 e. The van der Waals surface area contributed by atoms with E-state index in [1.807, 2.05) is 13.8 Å². The number of esters is 1. The number of allylic oxidation sites excluding steroid dienone is 4. The van der Waals surface area contributed by atoms with Crippen LogP contribution >= 0.6 is 0 Å². The predicted molar refractivity (Wildman–Crippen MR) is 192 cm³/mol. The Kier molecular flexibility index (Phi) is 13.8. The van der Waals surface area contributed by atoms with Crippen molar-refractivity contribution >= 4 is 11.8 Å². The highest BCUT2D eigenvalue weighted by atomic mass is 16.7. The average Bonchev–Trinajstić information content (AvgIpc) is 3.74. The number of hydrogen-bond donors (Lipinski definition) is 4. The molecule has 4 fully saturated rings. The van der Waals surface area contributed by atoms with Crippen molar-refractivity contribution in [2.24, 2.45) is 35.5 Å². The minimum absolute atomic E-state index is 0.0119. The summed E-state index contributed by atoms with van der Waals surface area (Å²) in [6, 6.07) is 0. The molecular formula is C40H62O14. The van der Waals surface area contributed by atoms with Crippen LogP contribution in [-0.2, 0) is 47.5 Å². The van der Waals surface area contributed by atoms with Gasteiger partial charge in [-0.3, -0.25) is 9.59 Å². The van der Waals surface area contributed by atoms with E-state index >= 15 is 0 Å². The number of aliphatic hydroxyl groups excluding tert-OH is 4. The molecule has 14 heteroatoms. The van der Waals surface area contributed by atoms with Crippen molar-refractivity contribution in [1.29, 1.82) is 0 Å². The molecule has 3 saturated heterocycles. The van der Waals surface area contributed by atoms with Crippen molar-refractivity contribution in [2.45, 2.75) is 152 Å². The van der Waals surface area contributed by atoms with Crippen LogP contribution < -0.4 is 0 Å². The Balaban J connectivity index is 1.25. The second-order valence-electron chi connectivity index (χ2n) is 16.3. The summed E-state index contributed by atoms with van der Waals surface area (Å²) in [6.07, 6.45) is -2.49. The van der Waals surface area contributed by atoms with E-state index in [0.29, 0.717) is 31.3 Å². The molecule has 6 aliphatic rings. The van der Waals surface area contributed by atoms with Crippen molar-refractivity contribution in [2.75, 3.05) is 27.9 Å². The maximum atomic E-state index is 14.7. The van der Waals surface area contributed by atoms with Crippen LogP contribution in [0.25, 0.3) is 0 Å². The van der Waals surface area contributed by atoms with Gasteiger partial charge in [0.1, 0.15) is 48.8 Å². The van der Waals surface area contributed by atoms with E-state index in [1.54, 1.807) is 28.3 Å². The lowest BCUT2D eigenvalue weighted by atomic mass is 9.67. The fourth-order valence-corrected chi connectivity index (χ4v) is 10.2. The first kappa shape index (κ1) is 41.8. The summed E-state index contributed by atoms with van der Waals surface area (Å²) in [5, 5.41) is 41.3. The van der Waals surface area contributed by atoms with E-state index < -0.39 is 67.6 Å². The zero-order valence-corrected chi connectivity index (χ0v) is 32.7. The summed E-state index contributed by atoms with van der Waals surface area (Å²) in [6.45, 7) is 7.24. The first-order chi connectivity index (χ1) is 25.8. The van der Waals surface area contributed by atoms with Crippen molar-refractivity contribution in [1.82, 2.24) is 0 Å². The molecule has 3 aliphatic carbocycles. The number of rotatable bonds is 9. The van der Waals surface area contributed by atoms with Gasteiger partial charge in [-0.2, -0.15) is 0 Å². The maximum absolute atomic E-state index is 14.7. The van der Waals surface area contributed by atoms with Crippen LogP contribution in [0.3, 0.4) is 0 Å². The van der Waals surface area contributed by atoms with Crippen molar-refractivity contribution < 1.29 is 67.9 Å². The highest BCUT2D eigenvalue weighted by Crippen LogP contribution is 2.56. The molecule has 0 radical (unpaired) electrons. The van der Waals surface area contributed by atoms with E-state index in [9.17, 15) is 30.0 Å². The van der Waals surface area contributed by atoms with Gasteiger partial charge in [0.15, 0.2) is 18.4 Å². The number of Topliss-reactive ketones (excluding diaryl/α,β-unsaturated/α-hetero) is 1. The fourth-order valence-electron chi connectivity index (χ4n) is 10.2. The van der Waals surface area contributed by atoms with E-state index in [2.05, 4.69) is 19.1 Å². The molecule has 306 valence electrons. The lowest BCUT2D eigenvalue weighted by molar-refractivity contribution is -0.314. The van der Waals surface area contributed by atoms with Gasteiger partial charge >= 0.3 is 5.97 Å². The van der Waals surface area contributed by atoms with E-state index in [-0.39, 0.29) is 72.4 Å². The summed E-state index contributed by atoms with van der Waals surface area (Å²) < 4.78 is 48.3. The third-order valence-corrected chi connectivity index (χ3v) is 13.2. The molecule has 0 aromatic rings. The number of methoxy groups -OCH3 is 3. The Bertz CT molecular complexity index is 1370. The summed E-state index contributed by atoms with van der Waals surface area (Å²) >= 11 is 0. The maximum Gasteiger partial charge on any atom is 0.306 e. The number of ether oxygens (including phenoxy) is 8. The molecule has 0 bridgehead atoms. The zero-order chi connectivity index (χ0) is 39.0. The van der Waals surface area contributed by atoms with Gasteiger partial charge in [0, 0.05) is 33.2 Å². The van der Waals surface area contributed by atoms with E-state index in [1.165, 1.54) is 5.57 Å². The number of ketones is 1. The molecule has 14 nitrogen and oxygen atoms in total. The van der Waals surface area contributed by atoms with Crippen molar-refractivity contribution in [3.8, 4) is 0 Å². The smallest absolute Gasteiger partial charge is 0.306 e. The minimum atomic E-state index is -1.61. The van der Waals surface area contributed by atoms with E-state index in [0.717, 1.165) is 12.8 Å². The number of cyclic esters (lactones) is 1. The Morgan fingerprint density at radius 2 is 1.54 bits per heavy atom. The topological polar surface area (TPSA) is 189 Å². The highest BCUT2D eigenvalue weighted by Gasteiger charge is 2.54. The van der Waals surface area contributed by atoms with Crippen molar-refractivity contribution in [3.05, 3.63) is 23.3 Å². The van der Waals surface area contributed by atoms with Crippen LogP contribution in [0.15, 0.2) is 23.3 Å². The standard InChI is InChI=1S/C40H62O14/c1-8-21-10-9-11-29(53-39-35(46)34(45)33(44)30(17-41)54-39)19(3)32(43)28-15-26-24(27(28)16-31(42)51-21)12-18(2)23-13-22(14-25(23)26)52-40-38(49-7)37(48-6)36(47-5)20(4)50-40/h12,15,19-27,29-30,33-41,44-46H,8-11,13-14,16-17H2,1-7H3/t19-,20+,21+,22+,23+,24-,25-,26-,27+,29+,30-,33-,34+,35-,36+,37-,38-,39-,40+/m1/s1. The first-order valence-corrected chi connectivity index (χ1v) is 19.8. The molecule has 1 saturated carbocycles. The van der Waals surface area contributed by atoms with Crippen LogP contribution in [0.2, 0.25) is 0 Å². The highest BCUT2D eigenvalue weighted by molar-refractivity contribution is 5.99. The zero-order valence-electron chi connectivity index (χ0n) is 32.7. The Hall–Kier alpha value is -1.82. The number of carbonyl (C=O) groups excluding carboxylic acids is 2. The molecule has 4 N–H and O–H groups in total. The molecule has 3 aliphatic heterocycles. The van der Waals surface area contributed by atoms with Gasteiger partial charge in [0.2, 0.25) is 0 Å². The van der Waals surface area contributed by atoms with Crippen LogP contribution in [-0.4, -0.2) is 140 Å².